The smallest absolute Gasteiger partial charge is 0.152 e. The molecule has 0 amide bonds. The normalized spacial score (nSPS) is 12.0. The number of halogens is 1. The molecular weight excluding hydrogens is 292 g/mol. The molecule has 1 rings (SSSR count). The molecule has 16 heavy (non-hydrogen) atoms. The Balaban J connectivity index is 2.72. The molecule has 0 unspecified atom stereocenters. The van der Waals surface area contributed by atoms with Gasteiger partial charge in [0.1, 0.15) is 0 Å². The van der Waals surface area contributed by atoms with Crippen molar-refractivity contribution in [2.45, 2.75) is 33.7 Å². The van der Waals surface area contributed by atoms with Crippen LogP contribution in [0.4, 0.5) is 0 Å². The van der Waals surface area contributed by atoms with Crippen LogP contribution in [0.3, 0.4) is 0 Å². The van der Waals surface area contributed by atoms with Gasteiger partial charge in [-0.05, 0) is 36.2 Å². The van der Waals surface area contributed by atoms with Gasteiger partial charge < -0.3 is 0 Å². The summed E-state index contributed by atoms with van der Waals surface area (Å²) < 4.78 is 25.8. The molecule has 0 N–H and O–H groups in total. The SMILES string of the molecule is CCCS(=O)(=O)CCn1nc(C)c(Br)c1C. The van der Waals surface area contributed by atoms with Crippen LogP contribution in [0.25, 0.3) is 0 Å². The van der Waals surface area contributed by atoms with Crippen molar-refractivity contribution in [3.63, 3.8) is 0 Å². The fraction of sp³-hybridized carbons (Fsp3) is 0.700. The third kappa shape index (κ3) is 3.31. The third-order valence-electron chi connectivity index (χ3n) is 2.42. The Bertz CT molecular complexity index is 465. The predicted octanol–water partition coefficient (Wildman–Crippen LogP) is 2.09. The molecule has 1 aromatic heterocycles. The van der Waals surface area contributed by atoms with Crippen LogP contribution in [0, 0.1) is 13.8 Å². The summed E-state index contributed by atoms with van der Waals surface area (Å²) in [5, 5.41) is 4.28. The second kappa shape index (κ2) is 5.31. The maximum absolute atomic E-state index is 11.6. The van der Waals surface area contributed by atoms with Gasteiger partial charge in [0.15, 0.2) is 9.84 Å². The van der Waals surface area contributed by atoms with Crippen molar-refractivity contribution in [2.75, 3.05) is 11.5 Å². The minimum Gasteiger partial charge on any atom is -0.267 e. The highest BCUT2D eigenvalue weighted by atomic mass is 79.9. The highest BCUT2D eigenvalue weighted by Gasteiger charge is 2.13. The van der Waals surface area contributed by atoms with Gasteiger partial charge in [-0.1, -0.05) is 6.92 Å². The number of sulfone groups is 1. The summed E-state index contributed by atoms with van der Waals surface area (Å²) in [6.07, 6.45) is 0.670. The monoisotopic (exact) mass is 308 g/mol. The molecule has 92 valence electrons. The van der Waals surface area contributed by atoms with E-state index in [9.17, 15) is 8.42 Å². The minimum atomic E-state index is -2.93. The Morgan fingerprint density at radius 3 is 2.38 bits per heavy atom. The molecule has 0 bridgehead atoms. The molecule has 0 aliphatic rings. The maximum Gasteiger partial charge on any atom is 0.152 e. The Labute approximate surface area is 105 Å². The first-order valence-electron chi connectivity index (χ1n) is 5.27. The zero-order valence-corrected chi connectivity index (χ0v) is 12.2. The van der Waals surface area contributed by atoms with Gasteiger partial charge in [-0.3, -0.25) is 4.68 Å². The van der Waals surface area contributed by atoms with Crippen molar-refractivity contribution in [3.8, 4) is 0 Å². The fourth-order valence-electron chi connectivity index (χ4n) is 1.53. The Hall–Kier alpha value is -0.360. The summed E-state index contributed by atoms with van der Waals surface area (Å²) in [5.74, 6) is 0.419. The van der Waals surface area contributed by atoms with Gasteiger partial charge in [-0.25, -0.2) is 8.42 Å². The van der Waals surface area contributed by atoms with E-state index >= 15 is 0 Å². The highest BCUT2D eigenvalue weighted by Crippen LogP contribution is 2.19. The zero-order chi connectivity index (χ0) is 12.3. The molecule has 0 aromatic carbocycles. The summed E-state index contributed by atoms with van der Waals surface area (Å²) in [4.78, 5) is 0. The quantitative estimate of drug-likeness (QED) is 0.837. The molecule has 6 heteroatoms. The van der Waals surface area contributed by atoms with E-state index in [1.807, 2.05) is 20.8 Å². The molecule has 0 radical (unpaired) electrons. The van der Waals surface area contributed by atoms with Gasteiger partial charge in [-0.2, -0.15) is 5.10 Å². The molecule has 1 heterocycles. The van der Waals surface area contributed by atoms with Gasteiger partial charge in [0.2, 0.25) is 0 Å². The lowest BCUT2D eigenvalue weighted by atomic mass is 10.4. The molecule has 0 fully saturated rings. The van der Waals surface area contributed by atoms with Crippen LogP contribution < -0.4 is 0 Å². The van der Waals surface area contributed by atoms with Crippen molar-refractivity contribution in [2.24, 2.45) is 0 Å². The summed E-state index contributed by atoms with van der Waals surface area (Å²) in [7, 11) is -2.93. The fourth-order valence-corrected chi connectivity index (χ4v) is 3.09. The van der Waals surface area contributed by atoms with Crippen LogP contribution in [0.1, 0.15) is 24.7 Å². The number of aryl methyl sites for hydroxylation is 2. The number of hydrogen-bond donors (Lipinski definition) is 0. The van der Waals surface area contributed by atoms with E-state index < -0.39 is 9.84 Å². The van der Waals surface area contributed by atoms with Crippen molar-refractivity contribution in [3.05, 3.63) is 15.9 Å². The largest absolute Gasteiger partial charge is 0.267 e. The lowest BCUT2D eigenvalue weighted by Crippen LogP contribution is -2.17. The van der Waals surface area contributed by atoms with E-state index in [0.29, 0.717) is 13.0 Å². The second-order valence-electron chi connectivity index (χ2n) is 3.86. The average Bonchev–Trinajstić information content (AvgIpc) is 2.43. The topological polar surface area (TPSA) is 52.0 Å². The maximum atomic E-state index is 11.6. The molecule has 0 aliphatic carbocycles. The summed E-state index contributed by atoms with van der Waals surface area (Å²) in [5.41, 5.74) is 1.87. The van der Waals surface area contributed by atoms with Gasteiger partial charge in [-0.15, -0.1) is 0 Å². The lowest BCUT2D eigenvalue weighted by molar-refractivity contribution is 0.575. The highest BCUT2D eigenvalue weighted by molar-refractivity contribution is 9.10. The third-order valence-corrected chi connectivity index (χ3v) is 5.40. The molecule has 1 aromatic rings. The molecule has 0 saturated carbocycles. The first-order valence-corrected chi connectivity index (χ1v) is 7.88. The van der Waals surface area contributed by atoms with Crippen LogP contribution in [0.2, 0.25) is 0 Å². The van der Waals surface area contributed by atoms with Crippen molar-refractivity contribution >= 4 is 25.8 Å². The molecule has 4 nitrogen and oxygen atoms in total. The van der Waals surface area contributed by atoms with E-state index in [1.54, 1.807) is 4.68 Å². The number of nitrogens with zero attached hydrogens (tertiary/aromatic N) is 2. The van der Waals surface area contributed by atoms with Crippen LogP contribution in [0.5, 0.6) is 0 Å². The van der Waals surface area contributed by atoms with Gasteiger partial charge in [0.05, 0.1) is 22.5 Å². The van der Waals surface area contributed by atoms with Gasteiger partial charge >= 0.3 is 0 Å². The van der Waals surface area contributed by atoms with Crippen molar-refractivity contribution in [1.82, 2.24) is 9.78 Å². The number of aromatic nitrogens is 2. The van der Waals surface area contributed by atoms with E-state index in [2.05, 4.69) is 21.0 Å². The Morgan fingerprint density at radius 1 is 1.31 bits per heavy atom. The molecule has 0 aliphatic heterocycles. The molecule has 0 atom stereocenters. The van der Waals surface area contributed by atoms with Gasteiger partial charge in [0.25, 0.3) is 0 Å². The molecule has 0 spiro atoms. The van der Waals surface area contributed by atoms with Crippen LogP contribution in [0.15, 0.2) is 4.47 Å². The lowest BCUT2D eigenvalue weighted by Gasteiger charge is -2.05. The average molecular weight is 309 g/mol. The standard InChI is InChI=1S/C10H17BrN2O2S/c1-4-6-16(14,15)7-5-13-9(3)10(11)8(2)12-13/h4-7H2,1-3H3. The van der Waals surface area contributed by atoms with E-state index in [1.165, 1.54) is 0 Å². The van der Waals surface area contributed by atoms with E-state index in [0.717, 1.165) is 15.9 Å². The Morgan fingerprint density at radius 2 is 1.94 bits per heavy atom. The summed E-state index contributed by atoms with van der Waals surface area (Å²) in [6.45, 7) is 6.13. The van der Waals surface area contributed by atoms with Crippen molar-refractivity contribution < 1.29 is 8.42 Å². The molecular formula is C10H17BrN2O2S. The second-order valence-corrected chi connectivity index (χ2v) is 6.96. The first kappa shape index (κ1) is 13.7. The summed E-state index contributed by atoms with van der Waals surface area (Å²) >= 11 is 3.42. The van der Waals surface area contributed by atoms with Crippen LogP contribution in [-0.2, 0) is 16.4 Å². The number of hydrogen-bond acceptors (Lipinski definition) is 3. The minimum absolute atomic E-state index is 0.162. The van der Waals surface area contributed by atoms with Gasteiger partial charge in [0, 0.05) is 11.4 Å². The zero-order valence-electron chi connectivity index (χ0n) is 9.83. The van der Waals surface area contributed by atoms with E-state index in [4.69, 9.17) is 0 Å². The van der Waals surface area contributed by atoms with E-state index in [-0.39, 0.29) is 11.5 Å². The number of rotatable bonds is 5. The molecule has 0 saturated heterocycles. The van der Waals surface area contributed by atoms with Crippen molar-refractivity contribution in [1.29, 1.82) is 0 Å². The summed E-state index contributed by atoms with van der Waals surface area (Å²) in [6, 6.07) is 0. The Kier molecular flexibility index (Phi) is 4.55. The predicted molar refractivity (Wildman–Crippen MR) is 68.3 cm³/mol. The van der Waals surface area contributed by atoms with Crippen LogP contribution in [-0.4, -0.2) is 29.7 Å². The first-order chi connectivity index (χ1) is 7.37. The van der Waals surface area contributed by atoms with Crippen LogP contribution >= 0.6 is 15.9 Å².